The zero-order chi connectivity index (χ0) is 12.3. The fraction of sp³-hybridized carbons (Fsp3) is 0.615. The molecule has 0 spiro atoms. The first-order valence-corrected chi connectivity index (χ1v) is 7.46. The monoisotopic (exact) mass is 269 g/mol. The molecule has 1 aromatic rings. The highest BCUT2D eigenvalue weighted by Gasteiger charge is 2.26. The van der Waals surface area contributed by atoms with Crippen LogP contribution in [0.2, 0.25) is 0 Å². The van der Waals surface area contributed by atoms with Crippen LogP contribution in [-0.2, 0) is 0 Å². The topological polar surface area (TPSA) is 14.2 Å². The van der Waals surface area contributed by atoms with Crippen molar-refractivity contribution in [3.8, 4) is 0 Å². The Morgan fingerprint density at radius 2 is 2.35 bits per heavy atom. The molecule has 1 aromatic heterocycles. The van der Waals surface area contributed by atoms with Crippen molar-refractivity contribution in [1.82, 2.24) is 4.73 Å². The van der Waals surface area contributed by atoms with Gasteiger partial charge >= 0.3 is 0 Å². The van der Waals surface area contributed by atoms with Crippen molar-refractivity contribution < 1.29 is 4.84 Å². The maximum Gasteiger partial charge on any atom is 0.196 e. The van der Waals surface area contributed by atoms with Gasteiger partial charge < -0.3 is 4.84 Å². The average molecular weight is 269 g/mol. The van der Waals surface area contributed by atoms with E-state index in [1.54, 1.807) is 11.3 Å². The summed E-state index contributed by atoms with van der Waals surface area (Å²) in [6.45, 7) is 5.88. The van der Waals surface area contributed by atoms with Crippen molar-refractivity contribution in [2.24, 2.45) is 5.92 Å². The molecule has 0 bridgehead atoms. The summed E-state index contributed by atoms with van der Waals surface area (Å²) in [5.41, 5.74) is 1.10. The van der Waals surface area contributed by atoms with Gasteiger partial charge in [-0.1, -0.05) is 12.5 Å². The Bertz CT molecular complexity index is 435. The molecule has 17 heavy (non-hydrogen) atoms. The summed E-state index contributed by atoms with van der Waals surface area (Å²) < 4.78 is 2.64. The van der Waals surface area contributed by atoms with Crippen LogP contribution in [0.4, 0.5) is 0 Å². The van der Waals surface area contributed by atoms with Gasteiger partial charge in [0.2, 0.25) is 0 Å². The molecule has 1 fully saturated rings. The van der Waals surface area contributed by atoms with Crippen LogP contribution in [0, 0.1) is 16.8 Å². The Labute approximate surface area is 112 Å². The Morgan fingerprint density at radius 3 is 3.00 bits per heavy atom. The SMILES string of the molecule is C=CC[C@@H]1CCCC[C@@H]1On1c(C)csc1=S. The summed E-state index contributed by atoms with van der Waals surface area (Å²) in [5.74, 6) is 0.599. The molecule has 0 radical (unpaired) electrons. The van der Waals surface area contributed by atoms with Gasteiger partial charge in [0.15, 0.2) is 3.95 Å². The molecular formula is C13H19NOS2. The lowest BCUT2D eigenvalue weighted by molar-refractivity contribution is -0.0229. The molecule has 4 heteroatoms. The number of allylic oxidation sites excluding steroid dienone is 1. The smallest absolute Gasteiger partial charge is 0.196 e. The molecule has 1 aliphatic carbocycles. The second-order valence-electron chi connectivity index (χ2n) is 4.65. The molecule has 0 amide bonds. The van der Waals surface area contributed by atoms with E-state index in [1.807, 2.05) is 23.1 Å². The number of hydrogen-bond acceptors (Lipinski definition) is 3. The highest BCUT2D eigenvalue weighted by molar-refractivity contribution is 7.73. The van der Waals surface area contributed by atoms with Gasteiger partial charge in [0.05, 0.1) is 5.69 Å². The van der Waals surface area contributed by atoms with Gasteiger partial charge in [-0.15, -0.1) is 17.9 Å². The van der Waals surface area contributed by atoms with Crippen molar-refractivity contribution in [3.63, 3.8) is 0 Å². The number of hydrogen-bond donors (Lipinski definition) is 0. The second kappa shape index (κ2) is 5.83. The van der Waals surface area contributed by atoms with Crippen molar-refractivity contribution in [1.29, 1.82) is 0 Å². The highest BCUT2D eigenvalue weighted by Crippen LogP contribution is 2.28. The Hall–Kier alpha value is -0.610. The molecule has 94 valence electrons. The van der Waals surface area contributed by atoms with Gasteiger partial charge in [-0.2, -0.15) is 4.73 Å². The van der Waals surface area contributed by atoms with Crippen LogP contribution in [0.5, 0.6) is 0 Å². The fourth-order valence-electron chi connectivity index (χ4n) is 2.43. The summed E-state index contributed by atoms with van der Waals surface area (Å²) in [6.07, 6.45) is 8.29. The third kappa shape index (κ3) is 2.99. The lowest BCUT2D eigenvalue weighted by Gasteiger charge is -2.31. The third-order valence-electron chi connectivity index (χ3n) is 3.37. The quantitative estimate of drug-likeness (QED) is 0.602. The van der Waals surface area contributed by atoms with Crippen molar-refractivity contribution in [2.45, 2.75) is 45.1 Å². The van der Waals surface area contributed by atoms with Crippen LogP contribution in [0.25, 0.3) is 0 Å². The average Bonchev–Trinajstić information content (AvgIpc) is 2.64. The van der Waals surface area contributed by atoms with E-state index in [-0.39, 0.29) is 0 Å². The molecule has 1 aliphatic rings. The lowest BCUT2D eigenvalue weighted by Crippen LogP contribution is -2.35. The number of nitrogens with zero attached hydrogens (tertiary/aromatic N) is 1. The summed E-state index contributed by atoms with van der Waals surface area (Å²) in [5, 5.41) is 2.05. The van der Waals surface area contributed by atoms with Crippen molar-refractivity contribution >= 4 is 23.6 Å². The number of aryl methyl sites for hydroxylation is 1. The summed E-state index contributed by atoms with van der Waals surface area (Å²) >= 11 is 6.85. The van der Waals surface area contributed by atoms with E-state index >= 15 is 0 Å². The minimum Gasteiger partial charge on any atom is -0.408 e. The van der Waals surface area contributed by atoms with Gasteiger partial charge in [-0.05, 0) is 44.8 Å². The molecule has 2 nitrogen and oxygen atoms in total. The maximum atomic E-state index is 6.10. The van der Waals surface area contributed by atoms with Crippen LogP contribution < -0.4 is 4.84 Å². The Kier molecular flexibility index (Phi) is 4.40. The third-order valence-corrected chi connectivity index (χ3v) is 4.65. The first kappa shape index (κ1) is 12.8. The Morgan fingerprint density at radius 1 is 1.59 bits per heavy atom. The molecular weight excluding hydrogens is 250 g/mol. The van der Waals surface area contributed by atoms with Crippen LogP contribution in [-0.4, -0.2) is 10.8 Å². The van der Waals surface area contributed by atoms with Crippen LogP contribution in [0.3, 0.4) is 0 Å². The van der Waals surface area contributed by atoms with Crippen molar-refractivity contribution in [3.05, 3.63) is 27.7 Å². The molecule has 2 atom stereocenters. The molecule has 0 saturated heterocycles. The standard InChI is InChI=1S/C13H19NOS2/c1-3-6-11-7-4-5-8-12(11)15-14-10(2)9-17-13(14)16/h3,9,11-12H,1,4-8H2,2H3/t11-,12+/m1/s1. The van der Waals surface area contributed by atoms with Gasteiger partial charge in [-0.3, -0.25) is 0 Å². The summed E-state index contributed by atoms with van der Waals surface area (Å²) in [4.78, 5) is 6.10. The number of rotatable bonds is 4. The second-order valence-corrected chi connectivity index (χ2v) is 6.15. The predicted octanol–water partition coefficient (Wildman–Crippen LogP) is 4.15. The van der Waals surface area contributed by atoms with Gasteiger partial charge in [0, 0.05) is 11.3 Å². The molecule has 0 unspecified atom stereocenters. The van der Waals surface area contributed by atoms with Crippen molar-refractivity contribution in [2.75, 3.05) is 0 Å². The van der Waals surface area contributed by atoms with Gasteiger partial charge in [0.25, 0.3) is 0 Å². The largest absolute Gasteiger partial charge is 0.408 e. The maximum absolute atomic E-state index is 6.10. The normalized spacial score (nSPS) is 24.5. The first-order valence-electron chi connectivity index (χ1n) is 6.17. The van der Waals surface area contributed by atoms with E-state index in [4.69, 9.17) is 17.1 Å². The van der Waals surface area contributed by atoms with Gasteiger partial charge in [-0.25, -0.2) is 0 Å². The highest BCUT2D eigenvalue weighted by atomic mass is 32.1. The van der Waals surface area contributed by atoms with E-state index in [1.165, 1.54) is 19.3 Å². The van der Waals surface area contributed by atoms with Crippen LogP contribution in [0.15, 0.2) is 18.0 Å². The molecule has 2 rings (SSSR count). The number of thiazole rings is 1. The minimum atomic E-state index is 0.293. The zero-order valence-corrected chi connectivity index (χ0v) is 11.9. The lowest BCUT2D eigenvalue weighted by atomic mass is 9.84. The van der Waals surface area contributed by atoms with E-state index in [0.29, 0.717) is 12.0 Å². The molecule has 1 heterocycles. The molecule has 0 aliphatic heterocycles. The molecule has 0 aromatic carbocycles. The van der Waals surface area contributed by atoms with E-state index in [9.17, 15) is 0 Å². The number of aromatic nitrogens is 1. The Balaban J connectivity index is 2.10. The predicted molar refractivity (Wildman–Crippen MR) is 75.0 cm³/mol. The summed E-state index contributed by atoms with van der Waals surface area (Å²) in [6, 6.07) is 0. The van der Waals surface area contributed by atoms with Crippen LogP contribution >= 0.6 is 23.6 Å². The zero-order valence-electron chi connectivity index (χ0n) is 10.2. The minimum absolute atomic E-state index is 0.293. The fourth-order valence-corrected chi connectivity index (χ4v) is 3.41. The van der Waals surface area contributed by atoms with E-state index in [0.717, 1.165) is 22.5 Å². The molecule has 1 saturated carbocycles. The van der Waals surface area contributed by atoms with E-state index < -0.39 is 0 Å². The summed E-state index contributed by atoms with van der Waals surface area (Å²) in [7, 11) is 0. The van der Waals surface area contributed by atoms with Gasteiger partial charge in [0.1, 0.15) is 6.10 Å². The molecule has 0 N–H and O–H groups in total. The van der Waals surface area contributed by atoms with E-state index in [2.05, 4.69) is 6.58 Å². The first-order chi connectivity index (χ1) is 8.22. The van der Waals surface area contributed by atoms with Crippen LogP contribution in [0.1, 0.15) is 37.8 Å².